The van der Waals surface area contributed by atoms with Crippen LogP contribution in [0.4, 0.5) is 0 Å². The Labute approximate surface area is 122 Å². The van der Waals surface area contributed by atoms with Gasteiger partial charge in [-0.25, -0.2) is 0 Å². The monoisotopic (exact) mass is 274 g/mol. The molecule has 1 aromatic rings. The fourth-order valence-corrected chi connectivity index (χ4v) is 2.95. The van der Waals surface area contributed by atoms with Gasteiger partial charge in [-0.2, -0.15) is 0 Å². The van der Waals surface area contributed by atoms with E-state index >= 15 is 0 Å². The van der Waals surface area contributed by atoms with Crippen LogP contribution in [0.2, 0.25) is 0 Å². The zero-order valence-electron chi connectivity index (χ0n) is 12.6. The van der Waals surface area contributed by atoms with Crippen molar-refractivity contribution in [2.24, 2.45) is 0 Å². The van der Waals surface area contributed by atoms with E-state index in [1.807, 2.05) is 0 Å². The van der Waals surface area contributed by atoms with E-state index in [2.05, 4.69) is 48.7 Å². The first kappa shape index (κ1) is 15.0. The van der Waals surface area contributed by atoms with E-state index in [-0.39, 0.29) is 5.91 Å². The average molecular weight is 274 g/mol. The maximum Gasteiger partial charge on any atom is 0.234 e. The molecule has 3 nitrogen and oxygen atoms in total. The Bertz CT molecular complexity index is 440. The molecule has 0 heterocycles. The normalized spacial score (nSPS) is 17.9. The van der Waals surface area contributed by atoms with Crippen molar-refractivity contribution in [3.63, 3.8) is 0 Å². The summed E-state index contributed by atoms with van der Waals surface area (Å²) in [5.41, 5.74) is 2.80. The molecule has 1 aliphatic carbocycles. The van der Waals surface area contributed by atoms with Gasteiger partial charge in [-0.1, -0.05) is 38.1 Å². The molecule has 2 rings (SSSR count). The molecule has 0 aromatic heterocycles. The average Bonchev–Trinajstić information content (AvgIpc) is 2.50. The molecule has 110 valence electrons. The molecular formula is C17H26N2O. The Morgan fingerprint density at radius 1 is 1.30 bits per heavy atom. The summed E-state index contributed by atoms with van der Waals surface area (Å²) in [6, 6.07) is 9.21. The predicted octanol–water partition coefficient (Wildman–Crippen LogP) is 2.96. The number of rotatable bonds is 6. The lowest BCUT2D eigenvalue weighted by atomic mass is 9.88. The number of nitrogens with one attached hydrogen (secondary N) is 2. The summed E-state index contributed by atoms with van der Waals surface area (Å²) in [6.45, 7) is 4.63. The molecule has 1 unspecified atom stereocenters. The summed E-state index contributed by atoms with van der Waals surface area (Å²) < 4.78 is 0. The SMILES string of the molecule is CCC(CC)NC(=O)CNC1CCCc2ccccc21. The van der Waals surface area contributed by atoms with Crippen LogP contribution in [-0.2, 0) is 11.2 Å². The minimum absolute atomic E-state index is 0.113. The number of hydrogen-bond acceptors (Lipinski definition) is 2. The number of carbonyl (C=O) groups is 1. The van der Waals surface area contributed by atoms with Crippen molar-refractivity contribution in [3.05, 3.63) is 35.4 Å². The van der Waals surface area contributed by atoms with Crippen molar-refractivity contribution < 1.29 is 4.79 Å². The van der Waals surface area contributed by atoms with Crippen LogP contribution in [0.25, 0.3) is 0 Å². The highest BCUT2D eigenvalue weighted by molar-refractivity contribution is 5.78. The van der Waals surface area contributed by atoms with Crippen LogP contribution in [-0.4, -0.2) is 18.5 Å². The number of hydrogen-bond donors (Lipinski definition) is 2. The minimum atomic E-state index is 0.113. The van der Waals surface area contributed by atoms with Crippen LogP contribution >= 0.6 is 0 Å². The van der Waals surface area contributed by atoms with Gasteiger partial charge in [-0.05, 0) is 43.2 Å². The highest BCUT2D eigenvalue weighted by Gasteiger charge is 2.20. The molecule has 1 aliphatic rings. The van der Waals surface area contributed by atoms with Crippen molar-refractivity contribution in [1.82, 2.24) is 10.6 Å². The summed E-state index contributed by atoms with van der Waals surface area (Å²) in [4.78, 5) is 12.0. The van der Waals surface area contributed by atoms with Gasteiger partial charge in [-0.3, -0.25) is 4.79 Å². The van der Waals surface area contributed by atoms with Crippen LogP contribution in [0.3, 0.4) is 0 Å². The zero-order valence-corrected chi connectivity index (χ0v) is 12.6. The number of carbonyl (C=O) groups excluding carboxylic acids is 1. The number of aryl methyl sites for hydroxylation is 1. The number of benzene rings is 1. The topological polar surface area (TPSA) is 41.1 Å². The molecular weight excluding hydrogens is 248 g/mol. The van der Waals surface area contributed by atoms with Gasteiger partial charge in [0.25, 0.3) is 0 Å². The van der Waals surface area contributed by atoms with E-state index in [1.165, 1.54) is 17.5 Å². The second kappa shape index (κ2) is 7.44. The zero-order chi connectivity index (χ0) is 14.4. The lowest BCUT2D eigenvalue weighted by molar-refractivity contribution is -0.121. The lowest BCUT2D eigenvalue weighted by Gasteiger charge is -2.26. The highest BCUT2D eigenvalue weighted by atomic mass is 16.1. The molecule has 1 aromatic carbocycles. The van der Waals surface area contributed by atoms with Crippen molar-refractivity contribution in [1.29, 1.82) is 0 Å². The number of amides is 1. The molecule has 3 heteroatoms. The summed E-state index contributed by atoms with van der Waals surface area (Å²) in [5, 5.41) is 6.50. The Hall–Kier alpha value is -1.35. The van der Waals surface area contributed by atoms with Gasteiger partial charge in [0.2, 0.25) is 5.91 Å². The van der Waals surface area contributed by atoms with Gasteiger partial charge in [0.1, 0.15) is 0 Å². The Balaban J connectivity index is 1.87. The van der Waals surface area contributed by atoms with Gasteiger partial charge < -0.3 is 10.6 Å². The molecule has 2 N–H and O–H groups in total. The molecule has 0 spiro atoms. The minimum Gasteiger partial charge on any atom is -0.352 e. The van der Waals surface area contributed by atoms with Crippen LogP contribution in [0, 0.1) is 0 Å². The maximum atomic E-state index is 12.0. The smallest absolute Gasteiger partial charge is 0.234 e. The maximum absolute atomic E-state index is 12.0. The molecule has 0 saturated carbocycles. The molecule has 0 saturated heterocycles. The van der Waals surface area contributed by atoms with E-state index in [0.29, 0.717) is 18.6 Å². The van der Waals surface area contributed by atoms with Crippen molar-refractivity contribution in [2.75, 3.05) is 6.54 Å². The fourth-order valence-electron chi connectivity index (χ4n) is 2.95. The van der Waals surface area contributed by atoms with Crippen LogP contribution < -0.4 is 10.6 Å². The second-order valence-corrected chi connectivity index (χ2v) is 5.61. The van der Waals surface area contributed by atoms with E-state index < -0.39 is 0 Å². The molecule has 0 aliphatic heterocycles. The van der Waals surface area contributed by atoms with Gasteiger partial charge in [0, 0.05) is 12.1 Å². The van der Waals surface area contributed by atoms with Crippen LogP contribution in [0.1, 0.15) is 56.7 Å². The quantitative estimate of drug-likeness (QED) is 0.837. The molecule has 0 radical (unpaired) electrons. The predicted molar refractivity (Wildman–Crippen MR) is 82.6 cm³/mol. The summed E-state index contributed by atoms with van der Waals surface area (Å²) in [5.74, 6) is 0.113. The molecule has 20 heavy (non-hydrogen) atoms. The van der Waals surface area contributed by atoms with Crippen molar-refractivity contribution >= 4 is 5.91 Å². The third-order valence-electron chi connectivity index (χ3n) is 4.23. The van der Waals surface area contributed by atoms with Crippen LogP contribution in [0.15, 0.2) is 24.3 Å². The van der Waals surface area contributed by atoms with E-state index in [9.17, 15) is 4.79 Å². The first-order chi connectivity index (χ1) is 9.74. The second-order valence-electron chi connectivity index (χ2n) is 5.61. The van der Waals surface area contributed by atoms with Crippen LogP contribution in [0.5, 0.6) is 0 Å². The van der Waals surface area contributed by atoms with Crippen molar-refractivity contribution in [3.8, 4) is 0 Å². The summed E-state index contributed by atoms with van der Waals surface area (Å²) in [6.07, 6.45) is 5.47. The summed E-state index contributed by atoms with van der Waals surface area (Å²) >= 11 is 0. The molecule has 0 fully saturated rings. The van der Waals surface area contributed by atoms with Gasteiger partial charge in [0.15, 0.2) is 0 Å². The lowest BCUT2D eigenvalue weighted by Crippen LogP contribution is -2.41. The van der Waals surface area contributed by atoms with E-state index in [1.54, 1.807) is 0 Å². The molecule has 1 amide bonds. The first-order valence-electron chi connectivity index (χ1n) is 7.85. The third kappa shape index (κ3) is 3.83. The Morgan fingerprint density at radius 3 is 2.80 bits per heavy atom. The van der Waals surface area contributed by atoms with Gasteiger partial charge in [0.05, 0.1) is 6.54 Å². The van der Waals surface area contributed by atoms with Gasteiger partial charge in [-0.15, -0.1) is 0 Å². The Kier molecular flexibility index (Phi) is 5.60. The number of fused-ring (bicyclic) bond motifs is 1. The molecule has 0 bridgehead atoms. The first-order valence-corrected chi connectivity index (χ1v) is 7.85. The van der Waals surface area contributed by atoms with Gasteiger partial charge >= 0.3 is 0 Å². The standard InChI is InChI=1S/C17H26N2O/c1-3-14(4-2)19-17(20)12-18-16-11-7-9-13-8-5-6-10-15(13)16/h5-6,8,10,14,16,18H,3-4,7,9,11-12H2,1-2H3,(H,19,20). The van der Waals surface area contributed by atoms with Crippen molar-refractivity contribution in [2.45, 2.75) is 58.0 Å². The van der Waals surface area contributed by atoms with E-state index in [0.717, 1.165) is 25.7 Å². The third-order valence-corrected chi connectivity index (χ3v) is 4.23. The largest absolute Gasteiger partial charge is 0.352 e. The fraction of sp³-hybridized carbons (Fsp3) is 0.588. The summed E-state index contributed by atoms with van der Waals surface area (Å²) in [7, 11) is 0. The molecule has 1 atom stereocenters. The highest BCUT2D eigenvalue weighted by Crippen LogP contribution is 2.29. The van der Waals surface area contributed by atoms with E-state index in [4.69, 9.17) is 0 Å². The Morgan fingerprint density at radius 2 is 2.05 bits per heavy atom.